The Balaban J connectivity index is 1.62. The lowest BCUT2D eigenvalue weighted by atomic mass is 9.92. The van der Waals surface area contributed by atoms with Crippen LogP contribution in [0.2, 0.25) is 0 Å². The molecule has 1 saturated carbocycles. The predicted molar refractivity (Wildman–Crippen MR) is 119 cm³/mol. The quantitative estimate of drug-likeness (QED) is 0.404. The third-order valence-corrected chi connectivity index (χ3v) is 5.38. The highest BCUT2D eigenvalue weighted by molar-refractivity contribution is 6.03. The number of methoxy groups -OCH3 is 1. The number of ether oxygens (including phenoxy) is 1. The molecule has 1 fully saturated rings. The maximum atomic E-state index is 12.9. The number of nitrogens with two attached hydrogens (primary N) is 1. The van der Waals surface area contributed by atoms with Gasteiger partial charge in [-0.2, -0.15) is 0 Å². The summed E-state index contributed by atoms with van der Waals surface area (Å²) in [6.45, 7) is 1.16. The van der Waals surface area contributed by atoms with Crippen LogP contribution >= 0.6 is 0 Å². The molecule has 3 heterocycles. The molecule has 1 aliphatic rings. The van der Waals surface area contributed by atoms with E-state index in [1.165, 1.54) is 6.20 Å². The number of hydrogen-bond donors (Lipinski definition) is 4. The van der Waals surface area contributed by atoms with Gasteiger partial charge >= 0.3 is 0 Å². The smallest absolute Gasteiger partial charge is 0.276 e. The van der Waals surface area contributed by atoms with E-state index in [-0.39, 0.29) is 11.9 Å². The topological polar surface area (TPSA) is 131 Å². The Labute approximate surface area is 180 Å². The third-order valence-electron chi connectivity index (χ3n) is 5.38. The number of fused-ring (bicyclic) bond motifs is 1. The van der Waals surface area contributed by atoms with Crippen molar-refractivity contribution in [2.24, 2.45) is 5.73 Å². The molecule has 0 atom stereocenters. The molecule has 4 rings (SSSR count). The first kappa shape index (κ1) is 21.0. The first-order valence-electron chi connectivity index (χ1n) is 10.5. The summed E-state index contributed by atoms with van der Waals surface area (Å²) in [5, 5.41) is 14.4. The standard InChI is InChI=1S/C21H28N8O2/c1-31-11-10-24-17-12-19(26-15-4-2-14(22)3-5-15)28-29-18(13-25-20(17)29)21(30)27-16-6-8-23-9-7-16/h6-9,12-15,24H,2-5,10-11,22H2,1H3,(H,26,28)(H,23,27,30). The second kappa shape index (κ2) is 9.71. The third kappa shape index (κ3) is 5.09. The van der Waals surface area contributed by atoms with Gasteiger partial charge in [0.25, 0.3) is 5.91 Å². The number of pyridine rings is 1. The van der Waals surface area contributed by atoms with Crippen molar-refractivity contribution >= 4 is 28.7 Å². The summed E-state index contributed by atoms with van der Waals surface area (Å²) in [6, 6.07) is 5.96. The Kier molecular flexibility index (Phi) is 6.58. The summed E-state index contributed by atoms with van der Waals surface area (Å²) in [6.07, 6.45) is 8.74. The Hall–Kier alpha value is -3.24. The molecule has 10 nitrogen and oxygen atoms in total. The number of carbonyl (C=O) groups is 1. The summed E-state index contributed by atoms with van der Waals surface area (Å²) in [4.78, 5) is 21.3. The fourth-order valence-electron chi connectivity index (χ4n) is 3.71. The average Bonchev–Trinajstić information content (AvgIpc) is 3.20. The number of rotatable bonds is 8. The lowest BCUT2D eigenvalue weighted by Crippen LogP contribution is -2.33. The van der Waals surface area contributed by atoms with Crippen LogP contribution in [0, 0.1) is 0 Å². The van der Waals surface area contributed by atoms with Gasteiger partial charge in [0.2, 0.25) is 0 Å². The zero-order valence-electron chi connectivity index (χ0n) is 17.5. The van der Waals surface area contributed by atoms with Gasteiger partial charge in [0.15, 0.2) is 11.3 Å². The van der Waals surface area contributed by atoms with E-state index in [1.807, 2.05) is 6.07 Å². The Bertz CT molecular complexity index is 1010. The number of nitrogens with zero attached hydrogens (tertiary/aromatic N) is 4. The minimum Gasteiger partial charge on any atom is -0.383 e. The SMILES string of the molecule is COCCNc1cc(NC2CCC(N)CC2)nn2c(C(=O)Nc3ccncc3)cnc12. The summed E-state index contributed by atoms with van der Waals surface area (Å²) in [5.74, 6) is 0.388. The molecule has 0 radical (unpaired) electrons. The molecular formula is C21H28N8O2. The maximum Gasteiger partial charge on any atom is 0.276 e. The normalized spacial score (nSPS) is 18.6. The van der Waals surface area contributed by atoms with E-state index in [4.69, 9.17) is 10.5 Å². The van der Waals surface area contributed by atoms with E-state index in [0.29, 0.717) is 42.0 Å². The number of aromatic nitrogens is 4. The molecular weight excluding hydrogens is 396 g/mol. The van der Waals surface area contributed by atoms with Crippen LogP contribution in [0.25, 0.3) is 5.65 Å². The van der Waals surface area contributed by atoms with E-state index >= 15 is 0 Å². The predicted octanol–water partition coefficient (Wildman–Crippen LogP) is 2.12. The number of nitrogens with one attached hydrogen (secondary N) is 3. The summed E-state index contributed by atoms with van der Waals surface area (Å²) < 4.78 is 6.72. The zero-order chi connectivity index (χ0) is 21.6. The van der Waals surface area contributed by atoms with E-state index in [1.54, 1.807) is 36.2 Å². The highest BCUT2D eigenvalue weighted by Crippen LogP contribution is 2.24. The van der Waals surface area contributed by atoms with Gasteiger partial charge in [0, 0.05) is 49.9 Å². The highest BCUT2D eigenvalue weighted by atomic mass is 16.5. The molecule has 164 valence electrons. The van der Waals surface area contributed by atoms with Crippen LogP contribution in [0.1, 0.15) is 36.2 Å². The minimum absolute atomic E-state index is 0.275. The fraction of sp³-hybridized carbons (Fsp3) is 0.429. The van der Waals surface area contributed by atoms with Crippen LogP contribution < -0.4 is 21.7 Å². The Morgan fingerprint density at radius 1 is 1.26 bits per heavy atom. The molecule has 3 aromatic heterocycles. The molecule has 1 amide bonds. The molecule has 5 N–H and O–H groups in total. The molecule has 10 heteroatoms. The number of hydrogen-bond acceptors (Lipinski definition) is 8. The van der Waals surface area contributed by atoms with Crippen molar-refractivity contribution in [3.05, 3.63) is 42.5 Å². The molecule has 3 aromatic rings. The van der Waals surface area contributed by atoms with Crippen LogP contribution in [0.5, 0.6) is 0 Å². The van der Waals surface area contributed by atoms with E-state index in [9.17, 15) is 4.79 Å². The van der Waals surface area contributed by atoms with Crippen molar-refractivity contribution in [2.75, 3.05) is 36.2 Å². The lowest BCUT2D eigenvalue weighted by molar-refractivity contribution is 0.102. The first-order valence-corrected chi connectivity index (χ1v) is 10.5. The van der Waals surface area contributed by atoms with Gasteiger partial charge in [-0.3, -0.25) is 9.78 Å². The van der Waals surface area contributed by atoms with Gasteiger partial charge in [0.1, 0.15) is 5.82 Å². The summed E-state index contributed by atoms with van der Waals surface area (Å²) in [7, 11) is 1.65. The van der Waals surface area contributed by atoms with E-state index in [2.05, 4.69) is 31.0 Å². The van der Waals surface area contributed by atoms with Crippen LogP contribution in [-0.2, 0) is 4.74 Å². The van der Waals surface area contributed by atoms with Crippen molar-refractivity contribution in [1.29, 1.82) is 0 Å². The van der Waals surface area contributed by atoms with Gasteiger partial charge in [-0.1, -0.05) is 0 Å². The van der Waals surface area contributed by atoms with E-state index in [0.717, 1.165) is 31.4 Å². The molecule has 0 unspecified atom stereocenters. The van der Waals surface area contributed by atoms with Crippen molar-refractivity contribution in [2.45, 2.75) is 37.8 Å². The molecule has 0 spiro atoms. The van der Waals surface area contributed by atoms with Gasteiger partial charge in [-0.25, -0.2) is 9.50 Å². The van der Waals surface area contributed by atoms with Crippen LogP contribution in [-0.4, -0.2) is 57.8 Å². The van der Waals surface area contributed by atoms with Gasteiger partial charge in [0.05, 0.1) is 18.5 Å². The number of amides is 1. The van der Waals surface area contributed by atoms with Gasteiger partial charge in [-0.05, 0) is 37.8 Å². The number of carbonyl (C=O) groups excluding carboxylic acids is 1. The van der Waals surface area contributed by atoms with Crippen molar-refractivity contribution in [3.8, 4) is 0 Å². The number of imidazole rings is 1. The van der Waals surface area contributed by atoms with Crippen molar-refractivity contribution in [3.63, 3.8) is 0 Å². The number of anilines is 3. The molecule has 0 saturated heterocycles. The monoisotopic (exact) mass is 424 g/mol. The van der Waals surface area contributed by atoms with Crippen molar-refractivity contribution < 1.29 is 9.53 Å². The molecule has 31 heavy (non-hydrogen) atoms. The zero-order valence-corrected chi connectivity index (χ0v) is 17.5. The van der Waals surface area contributed by atoms with E-state index < -0.39 is 0 Å². The van der Waals surface area contributed by atoms with Gasteiger partial charge in [-0.15, -0.1) is 5.10 Å². The molecule has 1 aliphatic carbocycles. The fourth-order valence-corrected chi connectivity index (χ4v) is 3.71. The second-order valence-electron chi connectivity index (χ2n) is 7.69. The van der Waals surface area contributed by atoms with Crippen LogP contribution in [0.15, 0.2) is 36.8 Å². The Morgan fingerprint density at radius 3 is 2.77 bits per heavy atom. The molecule has 0 aromatic carbocycles. The summed E-state index contributed by atoms with van der Waals surface area (Å²) >= 11 is 0. The highest BCUT2D eigenvalue weighted by Gasteiger charge is 2.21. The minimum atomic E-state index is -0.296. The Morgan fingerprint density at radius 2 is 2.03 bits per heavy atom. The molecule has 0 bridgehead atoms. The largest absolute Gasteiger partial charge is 0.383 e. The van der Waals surface area contributed by atoms with Crippen LogP contribution in [0.3, 0.4) is 0 Å². The lowest BCUT2D eigenvalue weighted by Gasteiger charge is -2.27. The first-order chi connectivity index (χ1) is 15.1. The maximum absolute atomic E-state index is 12.9. The van der Waals surface area contributed by atoms with Gasteiger partial charge < -0.3 is 26.4 Å². The second-order valence-corrected chi connectivity index (χ2v) is 7.69. The van der Waals surface area contributed by atoms with Crippen molar-refractivity contribution in [1.82, 2.24) is 19.6 Å². The average molecular weight is 425 g/mol. The summed E-state index contributed by atoms with van der Waals surface area (Å²) in [5.41, 5.74) is 8.39. The molecule has 0 aliphatic heterocycles. The van der Waals surface area contributed by atoms with Crippen LogP contribution in [0.4, 0.5) is 17.2 Å².